The lowest BCUT2D eigenvalue weighted by atomic mass is 9.88. The fraction of sp³-hybridized carbons (Fsp3) is 0.167. The van der Waals surface area contributed by atoms with Crippen molar-refractivity contribution in [2.75, 3.05) is 6.54 Å². The quantitative estimate of drug-likeness (QED) is 0.499. The van der Waals surface area contributed by atoms with E-state index in [1.165, 1.54) is 17.0 Å². The Morgan fingerprint density at radius 2 is 1.75 bits per heavy atom. The summed E-state index contributed by atoms with van der Waals surface area (Å²) in [7, 11) is 0. The van der Waals surface area contributed by atoms with E-state index in [9.17, 15) is 27.6 Å². The summed E-state index contributed by atoms with van der Waals surface area (Å²) in [4.78, 5) is 43.0. The van der Waals surface area contributed by atoms with E-state index in [0.29, 0.717) is 33.6 Å². The number of aromatic nitrogens is 1. The summed E-state index contributed by atoms with van der Waals surface area (Å²) >= 11 is 5.39. The Morgan fingerprint density at radius 1 is 1.03 bits per heavy atom. The highest BCUT2D eigenvalue weighted by Crippen LogP contribution is 2.34. The minimum atomic E-state index is -4.55. The fourth-order valence-electron chi connectivity index (χ4n) is 4.38. The van der Waals surface area contributed by atoms with Gasteiger partial charge in [-0.05, 0) is 34.9 Å². The van der Waals surface area contributed by atoms with Crippen molar-refractivity contribution in [1.29, 1.82) is 0 Å². The number of carbonyl (C=O) groups excluding carboxylic acids is 3. The highest BCUT2D eigenvalue weighted by atomic mass is 35.5. The minimum Gasteiger partial charge on any atom is -0.386 e. The second-order valence-corrected chi connectivity index (χ2v) is 8.53. The number of rotatable bonds is 5. The Kier molecular flexibility index (Phi) is 5.59. The number of carbonyl (C=O) groups is 3. The lowest BCUT2D eigenvalue weighted by Crippen LogP contribution is -2.52. The van der Waals surface area contributed by atoms with Crippen LogP contribution in [-0.2, 0) is 23.1 Å². The van der Waals surface area contributed by atoms with Crippen molar-refractivity contribution >= 4 is 29.7 Å². The van der Waals surface area contributed by atoms with Gasteiger partial charge in [-0.25, -0.2) is 4.79 Å². The van der Waals surface area contributed by atoms with Gasteiger partial charge in [0.15, 0.2) is 5.54 Å². The second-order valence-electron chi connectivity index (χ2n) is 8.38. The molecule has 1 saturated heterocycles. The van der Waals surface area contributed by atoms with Gasteiger partial charge in [0.25, 0.3) is 11.8 Å². The first-order valence-electron chi connectivity index (χ1n) is 10.6. The van der Waals surface area contributed by atoms with Crippen molar-refractivity contribution in [1.82, 2.24) is 20.5 Å². The Morgan fingerprint density at radius 3 is 2.33 bits per heavy atom. The first-order chi connectivity index (χ1) is 17.1. The van der Waals surface area contributed by atoms with Crippen molar-refractivity contribution in [2.45, 2.75) is 18.3 Å². The molecule has 2 aliphatic rings. The molecule has 2 aromatic carbocycles. The number of urea groups is 1. The predicted octanol–water partition coefficient (Wildman–Crippen LogP) is 3.99. The minimum absolute atomic E-state index is 0.156. The molecule has 5 rings (SSSR count). The van der Waals surface area contributed by atoms with E-state index < -0.39 is 29.3 Å². The van der Waals surface area contributed by atoms with Crippen molar-refractivity contribution in [3.63, 3.8) is 0 Å². The lowest BCUT2D eigenvalue weighted by molar-refractivity contribution is -0.141. The van der Waals surface area contributed by atoms with Crippen LogP contribution in [0.3, 0.4) is 0 Å². The Hall–Kier alpha value is -4.12. The van der Waals surface area contributed by atoms with Gasteiger partial charge in [-0.2, -0.15) is 13.2 Å². The maximum atomic E-state index is 13.0. The van der Waals surface area contributed by atoms with Crippen molar-refractivity contribution in [3.8, 4) is 16.9 Å². The van der Waals surface area contributed by atoms with Gasteiger partial charge >= 0.3 is 12.2 Å². The monoisotopic (exact) mass is 516 g/mol. The molecule has 0 saturated carbocycles. The summed E-state index contributed by atoms with van der Waals surface area (Å²) in [6.07, 6.45) is -3.44. The number of hydrogen-bond acceptors (Lipinski definition) is 5. The van der Waals surface area contributed by atoms with Gasteiger partial charge in [0.05, 0.1) is 6.54 Å². The molecule has 0 bridgehead atoms. The summed E-state index contributed by atoms with van der Waals surface area (Å²) in [5.74, 6) is -0.702. The zero-order chi connectivity index (χ0) is 25.7. The number of fused-ring (bicyclic) bond motifs is 1. The van der Waals surface area contributed by atoms with Gasteiger partial charge in [0.1, 0.15) is 23.3 Å². The largest absolute Gasteiger partial charge is 0.433 e. The molecule has 1 aromatic heterocycles. The molecule has 3 heterocycles. The van der Waals surface area contributed by atoms with Gasteiger partial charge < -0.3 is 14.5 Å². The molecule has 0 radical (unpaired) electrons. The fourth-order valence-corrected chi connectivity index (χ4v) is 4.48. The number of nitrogens with zero attached hydrogens (tertiary/aromatic N) is 2. The second kappa shape index (κ2) is 8.52. The highest BCUT2D eigenvalue weighted by Gasteiger charge is 2.50. The molecule has 1 atom stereocenters. The van der Waals surface area contributed by atoms with Crippen LogP contribution in [0.25, 0.3) is 11.1 Å². The number of benzene rings is 2. The molecule has 184 valence electrons. The standard InChI is InChI=1S/C24H16ClF3N4O4/c25-36-17-7-3-15-11-32(20(33)18(15)9-17)12-23(21(34)30-22(35)31-23)16-5-1-13(2-6-16)14-4-8-19(29-10-14)24(26,27)28/h1-10H,11-12H2,(H2,30,31,34,35)/t23-/m0/s1. The average Bonchev–Trinajstić information content (AvgIpc) is 3.33. The molecule has 12 heteroatoms. The zero-order valence-corrected chi connectivity index (χ0v) is 19.0. The Balaban J connectivity index is 1.44. The molecular weight excluding hydrogens is 501 g/mol. The van der Waals surface area contributed by atoms with E-state index in [1.54, 1.807) is 36.4 Å². The summed E-state index contributed by atoms with van der Waals surface area (Å²) in [6.45, 7) is 0.0489. The van der Waals surface area contributed by atoms with Gasteiger partial charge in [-0.15, -0.1) is 0 Å². The third-order valence-corrected chi connectivity index (χ3v) is 6.36. The molecule has 0 unspecified atom stereocenters. The summed E-state index contributed by atoms with van der Waals surface area (Å²) in [5, 5.41) is 4.86. The molecule has 1 fully saturated rings. The van der Waals surface area contributed by atoms with Crippen LogP contribution in [0.1, 0.15) is 27.2 Å². The summed E-state index contributed by atoms with van der Waals surface area (Å²) in [6, 6.07) is 12.6. The van der Waals surface area contributed by atoms with Crippen LogP contribution in [0, 0.1) is 0 Å². The first kappa shape index (κ1) is 23.6. The van der Waals surface area contributed by atoms with Gasteiger partial charge in [0.2, 0.25) is 0 Å². The van der Waals surface area contributed by atoms with Crippen LogP contribution in [0.15, 0.2) is 60.8 Å². The van der Waals surface area contributed by atoms with Crippen LogP contribution in [0.5, 0.6) is 5.75 Å². The highest BCUT2D eigenvalue weighted by molar-refractivity contribution is 6.09. The number of hydrogen-bond donors (Lipinski definition) is 2. The van der Waals surface area contributed by atoms with Crippen LogP contribution < -0.4 is 14.9 Å². The first-order valence-corrected chi connectivity index (χ1v) is 10.9. The van der Waals surface area contributed by atoms with Gasteiger partial charge in [-0.3, -0.25) is 19.9 Å². The number of pyridine rings is 1. The number of imide groups is 1. The third kappa shape index (κ3) is 4.01. The SMILES string of the molecule is O=C1NC(=O)[C@](CN2Cc3ccc(OCl)cc3C2=O)(c2ccc(-c3ccc(C(F)(F)F)nc3)cc2)N1. The van der Waals surface area contributed by atoms with Crippen molar-refractivity contribution in [3.05, 3.63) is 83.2 Å². The number of nitrogens with one attached hydrogen (secondary N) is 2. The molecule has 0 spiro atoms. The normalized spacial score (nSPS) is 19.2. The van der Waals surface area contributed by atoms with Crippen LogP contribution in [-0.4, -0.2) is 34.3 Å². The Bertz CT molecular complexity index is 1380. The summed E-state index contributed by atoms with van der Waals surface area (Å²) < 4.78 is 43.1. The van der Waals surface area contributed by atoms with E-state index in [-0.39, 0.29) is 19.0 Å². The maximum Gasteiger partial charge on any atom is 0.433 e. The number of alkyl halides is 3. The molecule has 4 amide bonds. The maximum absolute atomic E-state index is 13.0. The van der Waals surface area contributed by atoms with Gasteiger partial charge in [-0.1, -0.05) is 36.4 Å². The molecular formula is C24H16ClF3N4O4. The van der Waals surface area contributed by atoms with Crippen LogP contribution >= 0.6 is 11.9 Å². The molecule has 3 aromatic rings. The predicted molar refractivity (Wildman–Crippen MR) is 121 cm³/mol. The molecule has 2 aliphatic heterocycles. The molecule has 36 heavy (non-hydrogen) atoms. The van der Waals surface area contributed by atoms with Crippen LogP contribution in [0.4, 0.5) is 18.0 Å². The molecule has 2 N–H and O–H groups in total. The number of amides is 4. The van der Waals surface area contributed by atoms with E-state index >= 15 is 0 Å². The number of halogens is 4. The third-order valence-electron chi connectivity index (χ3n) is 6.18. The Labute approximate surface area is 207 Å². The van der Waals surface area contributed by atoms with E-state index in [2.05, 4.69) is 19.9 Å². The zero-order valence-electron chi connectivity index (χ0n) is 18.2. The van der Waals surface area contributed by atoms with E-state index in [0.717, 1.165) is 12.3 Å². The topological polar surface area (TPSA) is 101 Å². The van der Waals surface area contributed by atoms with Crippen LogP contribution in [0.2, 0.25) is 0 Å². The van der Waals surface area contributed by atoms with Crippen molar-refractivity contribution < 1.29 is 31.8 Å². The lowest BCUT2D eigenvalue weighted by Gasteiger charge is -2.31. The summed E-state index contributed by atoms with van der Waals surface area (Å²) in [5.41, 5.74) is -0.113. The van der Waals surface area contributed by atoms with Crippen molar-refractivity contribution in [2.24, 2.45) is 0 Å². The van der Waals surface area contributed by atoms with E-state index in [4.69, 9.17) is 11.9 Å². The van der Waals surface area contributed by atoms with Gasteiger partial charge in [0, 0.05) is 23.9 Å². The molecule has 0 aliphatic carbocycles. The smallest absolute Gasteiger partial charge is 0.386 e. The van der Waals surface area contributed by atoms with E-state index in [1.807, 2.05) is 0 Å². The molecule has 8 nitrogen and oxygen atoms in total. The average molecular weight is 517 g/mol.